The van der Waals surface area contributed by atoms with Gasteiger partial charge in [0.2, 0.25) is 5.91 Å². The van der Waals surface area contributed by atoms with Gasteiger partial charge in [-0.2, -0.15) is 0 Å². The number of nitrogens with one attached hydrogen (secondary N) is 1. The summed E-state index contributed by atoms with van der Waals surface area (Å²) in [4.78, 5) is 12.5. The van der Waals surface area contributed by atoms with Crippen molar-refractivity contribution in [1.29, 1.82) is 0 Å². The second-order valence-corrected chi connectivity index (χ2v) is 5.30. The molecule has 0 fully saturated rings. The molecule has 3 nitrogen and oxygen atoms in total. The number of nitrogens with two attached hydrogens (primary N) is 1. The van der Waals surface area contributed by atoms with Crippen LogP contribution in [0.1, 0.15) is 20.3 Å². The Bertz CT molecular complexity index is 398. The molecule has 0 saturated carbocycles. The molecule has 1 aromatic rings. The Morgan fingerprint density at radius 1 is 1.59 bits per heavy atom. The first-order chi connectivity index (χ1) is 8.02. The molecule has 1 rings (SSSR count). The number of anilines is 1. The molecule has 1 amide bonds. The van der Waals surface area contributed by atoms with Crippen LogP contribution in [0.4, 0.5) is 5.69 Å². The fourth-order valence-electron chi connectivity index (χ4n) is 1.17. The van der Waals surface area contributed by atoms with Gasteiger partial charge in [0.15, 0.2) is 0 Å². The first kappa shape index (κ1) is 14.2. The Hall–Kier alpha value is -0.870. The summed E-state index contributed by atoms with van der Waals surface area (Å²) >= 11 is 7.35. The summed E-state index contributed by atoms with van der Waals surface area (Å²) in [5.74, 6) is 0.433. The van der Waals surface area contributed by atoms with Gasteiger partial charge in [0, 0.05) is 10.9 Å². The van der Waals surface area contributed by atoms with E-state index in [1.165, 1.54) is 11.8 Å². The van der Waals surface area contributed by atoms with Gasteiger partial charge in [-0.1, -0.05) is 18.5 Å². The quantitative estimate of drug-likeness (QED) is 0.640. The minimum absolute atomic E-state index is 0.0392. The van der Waals surface area contributed by atoms with E-state index in [4.69, 9.17) is 17.3 Å². The summed E-state index contributed by atoms with van der Waals surface area (Å²) in [5, 5.41) is 3.43. The molecule has 0 aliphatic carbocycles. The van der Waals surface area contributed by atoms with Crippen LogP contribution in [-0.4, -0.2) is 17.7 Å². The third-order valence-electron chi connectivity index (χ3n) is 2.36. The van der Waals surface area contributed by atoms with E-state index in [9.17, 15) is 4.79 Å². The van der Waals surface area contributed by atoms with E-state index in [2.05, 4.69) is 5.32 Å². The fraction of sp³-hybridized carbons (Fsp3) is 0.417. The summed E-state index contributed by atoms with van der Waals surface area (Å²) in [7, 11) is 0. The van der Waals surface area contributed by atoms with Gasteiger partial charge in [-0.3, -0.25) is 4.79 Å². The highest BCUT2D eigenvalue weighted by atomic mass is 35.5. The summed E-state index contributed by atoms with van der Waals surface area (Å²) in [5.41, 5.74) is 6.16. The molecular formula is C12H17ClN2OS. The van der Waals surface area contributed by atoms with Crippen molar-refractivity contribution in [3.63, 3.8) is 0 Å². The molecule has 5 heteroatoms. The molecule has 0 bridgehead atoms. The molecule has 0 radical (unpaired) electrons. The normalized spacial score (nSPS) is 12.2. The SMILES string of the molecule is CCC(C)NC(=O)CSc1ccc(N)c(Cl)c1. The van der Waals surface area contributed by atoms with Crippen LogP contribution in [-0.2, 0) is 4.79 Å². The molecule has 0 spiro atoms. The Kier molecular flexibility index (Phi) is 5.65. The van der Waals surface area contributed by atoms with Crippen LogP contribution in [0.2, 0.25) is 5.02 Å². The van der Waals surface area contributed by atoms with Crippen molar-refractivity contribution in [2.45, 2.75) is 31.2 Å². The minimum atomic E-state index is 0.0392. The molecule has 1 unspecified atom stereocenters. The van der Waals surface area contributed by atoms with Gasteiger partial charge in [0.05, 0.1) is 16.5 Å². The first-order valence-electron chi connectivity index (χ1n) is 5.50. The lowest BCUT2D eigenvalue weighted by Gasteiger charge is -2.11. The van der Waals surface area contributed by atoms with Gasteiger partial charge < -0.3 is 11.1 Å². The zero-order valence-electron chi connectivity index (χ0n) is 10.00. The number of rotatable bonds is 5. The highest BCUT2D eigenvalue weighted by Crippen LogP contribution is 2.26. The highest BCUT2D eigenvalue weighted by Gasteiger charge is 2.06. The molecule has 1 aromatic carbocycles. The van der Waals surface area contributed by atoms with Crippen molar-refractivity contribution in [1.82, 2.24) is 5.32 Å². The van der Waals surface area contributed by atoms with Crippen molar-refractivity contribution in [2.24, 2.45) is 0 Å². The van der Waals surface area contributed by atoms with Gasteiger partial charge in [0.1, 0.15) is 0 Å². The number of carbonyl (C=O) groups excluding carboxylic acids is 1. The second kappa shape index (κ2) is 6.77. The number of hydrogen-bond acceptors (Lipinski definition) is 3. The largest absolute Gasteiger partial charge is 0.398 e. The van der Waals surface area contributed by atoms with Crippen molar-refractivity contribution >= 4 is 35.0 Å². The Morgan fingerprint density at radius 3 is 2.88 bits per heavy atom. The van der Waals surface area contributed by atoms with Crippen molar-refractivity contribution in [2.75, 3.05) is 11.5 Å². The molecule has 0 aromatic heterocycles. The summed E-state index contributed by atoms with van der Waals surface area (Å²) in [6, 6.07) is 5.61. The summed E-state index contributed by atoms with van der Waals surface area (Å²) < 4.78 is 0. The predicted molar refractivity (Wildman–Crippen MR) is 74.5 cm³/mol. The maximum absolute atomic E-state index is 11.5. The third-order valence-corrected chi connectivity index (χ3v) is 3.68. The Morgan fingerprint density at radius 2 is 2.29 bits per heavy atom. The lowest BCUT2D eigenvalue weighted by Crippen LogP contribution is -2.33. The van der Waals surface area contributed by atoms with Crippen LogP contribution in [0.15, 0.2) is 23.1 Å². The number of halogens is 1. The van der Waals surface area contributed by atoms with Gasteiger partial charge >= 0.3 is 0 Å². The Labute approximate surface area is 111 Å². The monoisotopic (exact) mass is 272 g/mol. The fourth-order valence-corrected chi connectivity index (χ4v) is 2.16. The van der Waals surface area contributed by atoms with Crippen molar-refractivity contribution < 1.29 is 4.79 Å². The second-order valence-electron chi connectivity index (χ2n) is 3.85. The number of amides is 1. The minimum Gasteiger partial charge on any atom is -0.398 e. The average molecular weight is 273 g/mol. The van der Waals surface area contributed by atoms with Crippen LogP contribution in [0, 0.1) is 0 Å². The molecule has 1 atom stereocenters. The number of carbonyl (C=O) groups is 1. The van der Waals surface area contributed by atoms with E-state index < -0.39 is 0 Å². The topological polar surface area (TPSA) is 55.1 Å². The number of benzene rings is 1. The lowest BCUT2D eigenvalue weighted by atomic mass is 10.3. The van der Waals surface area contributed by atoms with E-state index in [1.54, 1.807) is 12.1 Å². The smallest absolute Gasteiger partial charge is 0.230 e. The highest BCUT2D eigenvalue weighted by molar-refractivity contribution is 8.00. The van der Waals surface area contributed by atoms with Crippen LogP contribution in [0.25, 0.3) is 0 Å². The maximum atomic E-state index is 11.5. The number of thioether (sulfide) groups is 1. The average Bonchev–Trinajstić information content (AvgIpc) is 2.30. The Balaban J connectivity index is 2.45. The van der Waals surface area contributed by atoms with Gasteiger partial charge in [-0.15, -0.1) is 11.8 Å². The van der Waals surface area contributed by atoms with E-state index in [0.717, 1.165) is 11.3 Å². The zero-order valence-corrected chi connectivity index (χ0v) is 11.6. The van der Waals surface area contributed by atoms with Crippen LogP contribution >= 0.6 is 23.4 Å². The van der Waals surface area contributed by atoms with Gasteiger partial charge in [-0.25, -0.2) is 0 Å². The molecule has 0 aliphatic heterocycles. The van der Waals surface area contributed by atoms with E-state index >= 15 is 0 Å². The first-order valence-corrected chi connectivity index (χ1v) is 6.86. The predicted octanol–water partition coefficient (Wildman–Crippen LogP) is 2.93. The van der Waals surface area contributed by atoms with E-state index in [-0.39, 0.29) is 11.9 Å². The van der Waals surface area contributed by atoms with Crippen LogP contribution in [0.5, 0.6) is 0 Å². The van der Waals surface area contributed by atoms with Gasteiger partial charge in [-0.05, 0) is 31.5 Å². The molecular weight excluding hydrogens is 256 g/mol. The van der Waals surface area contributed by atoms with Crippen LogP contribution < -0.4 is 11.1 Å². The van der Waals surface area contributed by atoms with Crippen molar-refractivity contribution in [3.05, 3.63) is 23.2 Å². The zero-order chi connectivity index (χ0) is 12.8. The number of nitrogen functional groups attached to an aromatic ring is 1. The lowest BCUT2D eigenvalue weighted by molar-refractivity contribution is -0.119. The third kappa shape index (κ3) is 4.88. The molecule has 0 aliphatic rings. The van der Waals surface area contributed by atoms with Crippen molar-refractivity contribution in [3.8, 4) is 0 Å². The summed E-state index contributed by atoms with van der Waals surface area (Å²) in [6.45, 7) is 4.03. The standard InChI is InChI=1S/C12H17ClN2OS/c1-3-8(2)15-12(16)7-17-9-4-5-11(14)10(13)6-9/h4-6,8H,3,7,14H2,1-2H3,(H,15,16). The molecule has 17 heavy (non-hydrogen) atoms. The molecule has 3 N–H and O–H groups in total. The van der Waals surface area contributed by atoms with Gasteiger partial charge in [0.25, 0.3) is 0 Å². The van der Waals surface area contributed by atoms with E-state index in [1.807, 2.05) is 19.9 Å². The molecule has 0 saturated heterocycles. The number of hydrogen-bond donors (Lipinski definition) is 2. The molecule has 0 heterocycles. The maximum Gasteiger partial charge on any atom is 0.230 e. The molecule has 94 valence electrons. The van der Waals surface area contributed by atoms with E-state index in [0.29, 0.717) is 16.5 Å². The van der Waals surface area contributed by atoms with Crippen LogP contribution in [0.3, 0.4) is 0 Å². The summed E-state index contributed by atoms with van der Waals surface area (Å²) in [6.07, 6.45) is 0.935.